The van der Waals surface area contributed by atoms with E-state index >= 15 is 0 Å². The van der Waals surface area contributed by atoms with Crippen LogP contribution in [-0.4, -0.2) is 17.7 Å². The third-order valence-electron chi connectivity index (χ3n) is 3.48. The molecule has 110 valence electrons. The standard InChI is InChI=1S/C15H19ClFNOS/c16-13-9-12(7-8-14(13)17)20-10-15(19)18-11-5-3-1-2-4-6-11/h7-9,11H,1-6,10H2,(H,18,19). The SMILES string of the molecule is O=C(CSc1ccc(F)c(Cl)c1)NC1CCCCCC1. The molecule has 1 fully saturated rings. The summed E-state index contributed by atoms with van der Waals surface area (Å²) in [5, 5.41) is 3.18. The Labute approximate surface area is 128 Å². The van der Waals surface area contributed by atoms with Gasteiger partial charge in [-0.3, -0.25) is 4.79 Å². The Morgan fingerprint density at radius 3 is 2.65 bits per heavy atom. The summed E-state index contributed by atoms with van der Waals surface area (Å²) in [5.74, 6) is -0.0420. The zero-order valence-corrected chi connectivity index (χ0v) is 12.9. The first-order valence-corrected chi connectivity index (χ1v) is 8.39. The largest absolute Gasteiger partial charge is 0.353 e. The first-order valence-electron chi connectivity index (χ1n) is 7.02. The zero-order chi connectivity index (χ0) is 14.4. The number of rotatable bonds is 4. The summed E-state index contributed by atoms with van der Waals surface area (Å²) in [5.41, 5.74) is 0. The highest BCUT2D eigenvalue weighted by Crippen LogP contribution is 2.24. The van der Waals surface area contributed by atoms with Crippen molar-refractivity contribution in [3.8, 4) is 0 Å². The lowest BCUT2D eigenvalue weighted by Crippen LogP contribution is -2.35. The molecule has 0 aromatic heterocycles. The number of halogens is 2. The number of nitrogens with one attached hydrogen (secondary N) is 1. The van der Waals surface area contributed by atoms with Crippen LogP contribution in [0.3, 0.4) is 0 Å². The van der Waals surface area contributed by atoms with Crippen LogP contribution in [0.1, 0.15) is 38.5 Å². The van der Waals surface area contributed by atoms with Gasteiger partial charge in [0.2, 0.25) is 5.91 Å². The summed E-state index contributed by atoms with van der Waals surface area (Å²) in [6.07, 6.45) is 7.11. The molecule has 20 heavy (non-hydrogen) atoms. The molecule has 0 unspecified atom stereocenters. The fourth-order valence-corrected chi connectivity index (χ4v) is 3.40. The van der Waals surface area contributed by atoms with Gasteiger partial charge in [0.1, 0.15) is 5.82 Å². The first kappa shape index (κ1) is 15.6. The van der Waals surface area contributed by atoms with Crippen LogP contribution in [0.15, 0.2) is 23.1 Å². The Hall–Kier alpha value is -0.740. The molecule has 1 amide bonds. The van der Waals surface area contributed by atoms with E-state index in [0.717, 1.165) is 17.7 Å². The maximum absolute atomic E-state index is 13.0. The van der Waals surface area contributed by atoms with Crippen molar-refractivity contribution in [3.63, 3.8) is 0 Å². The number of carbonyl (C=O) groups is 1. The van der Waals surface area contributed by atoms with Crippen LogP contribution in [0.25, 0.3) is 0 Å². The quantitative estimate of drug-likeness (QED) is 0.658. The van der Waals surface area contributed by atoms with E-state index in [1.807, 2.05) is 0 Å². The summed E-state index contributed by atoms with van der Waals surface area (Å²) >= 11 is 7.10. The van der Waals surface area contributed by atoms with E-state index in [0.29, 0.717) is 11.8 Å². The zero-order valence-electron chi connectivity index (χ0n) is 11.3. The maximum atomic E-state index is 13.0. The van der Waals surface area contributed by atoms with E-state index in [1.165, 1.54) is 43.5 Å². The van der Waals surface area contributed by atoms with Crippen molar-refractivity contribution in [1.29, 1.82) is 0 Å². The minimum absolute atomic E-state index is 0.0438. The van der Waals surface area contributed by atoms with Gasteiger partial charge in [-0.1, -0.05) is 37.3 Å². The summed E-state index contributed by atoms with van der Waals surface area (Å²) in [6.45, 7) is 0. The van der Waals surface area contributed by atoms with Crippen LogP contribution in [0.5, 0.6) is 0 Å². The number of amides is 1. The van der Waals surface area contributed by atoms with Gasteiger partial charge in [0.05, 0.1) is 10.8 Å². The predicted molar refractivity (Wildman–Crippen MR) is 81.8 cm³/mol. The number of hydrogen-bond acceptors (Lipinski definition) is 2. The molecule has 2 rings (SSSR count). The highest BCUT2D eigenvalue weighted by Gasteiger charge is 2.14. The molecule has 2 nitrogen and oxygen atoms in total. The Morgan fingerprint density at radius 1 is 1.30 bits per heavy atom. The minimum Gasteiger partial charge on any atom is -0.353 e. The number of hydrogen-bond donors (Lipinski definition) is 1. The molecular formula is C15H19ClFNOS. The molecule has 0 bridgehead atoms. The Balaban J connectivity index is 1.77. The van der Waals surface area contributed by atoms with Gasteiger partial charge in [-0.15, -0.1) is 11.8 Å². The van der Waals surface area contributed by atoms with Crippen LogP contribution < -0.4 is 5.32 Å². The fraction of sp³-hybridized carbons (Fsp3) is 0.533. The van der Waals surface area contributed by atoms with Gasteiger partial charge < -0.3 is 5.32 Å². The number of benzene rings is 1. The molecule has 0 radical (unpaired) electrons. The summed E-state index contributed by atoms with van der Waals surface area (Å²) in [6, 6.07) is 4.85. The van der Waals surface area contributed by atoms with Crippen molar-refractivity contribution in [1.82, 2.24) is 5.32 Å². The van der Waals surface area contributed by atoms with Gasteiger partial charge in [-0.25, -0.2) is 4.39 Å². The van der Waals surface area contributed by atoms with Crippen molar-refractivity contribution >= 4 is 29.3 Å². The van der Waals surface area contributed by atoms with Crippen molar-refractivity contribution < 1.29 is 9.18 Å². The van der Waals surface area contributed by atoms with Crippen molar-refractivity contribution in [3.05, 3.63) is 29.0 Å². The maximum Gasteiger partial charge on any atom is 0.230 e. The summed E-state index contributed by atoms with van der Waals surface area (Å²) in [4.78, 5) is 12.7. The van der Waals surface area contributed by atoms with Gasteiger partial charge in [-0.2, -0.15) is 0 Å². The van der Waals surface area contributed by atoms with Crippen LogP contribution in [-0.2, 0) is 4.79 Å². The smallest absolute Gasteiger partial charge is 0.230 e. The molecule has 1 aromatic rings. The van der Waals surface area contributed by atoms with Crippen LogP contribution in [0.2, 0.25) is 5.02 Å². The molecule has 1 aliphatic carbocycles. The topological polar surface area (TPSA) is 29.1 Å². The second kappa shape index (κ2) is 7.89. The van der Waals surface area contributed by atoms with Crippen molar-refractivity contribution in [2.45, 2.75) is 49.5 Å². The van der Waals surface area contributed by atoms with E-state index in [4.69, 9.17) is 11.6 Å². The van der Waals surface area contributed by atoms with Gasteiger partial charge in [0, 0.05) is 10.9 Å². The van der Waals surface area contributed by atoms with Crippen molar-refractivity contribution in [2.24, 2.45) is 0 Å². The fourth-order valence-electron chi connectivity index (χ4n) is 2.41. The lowest BCUT2D eigenvalue weighted by molar-refractivity contribution is -0.119. The lowest BCUT2D eigenvalue weighted by Gasteiger charge is -2.16. The average Bonchev–Trinajstić information content (AvgIpc) is 2.69. The van der Waals surface area contributed by atoms with E-state index < -0.39 is 5.82 Å². The summed E-state index contributed by atoms with van der Waals surface area (Å²) in [7, 11) is 0. The molecule has 0 saturated heterocycles. The molecule has 0 atom stereocenters. The molecule has 0 spiro atoms. The second-order valence-corrected chi connectivity index (χ2v) is 6.58. The van der Waals surface area contributed by atoms with E-state index in [2.05, 4.69) is 5.32 Å². The molecule has 5 heteroatoms. The minimum atomic E-state index is -0.432. The Kier molecular flexibility index (Phi) is 6.17. The number of thioether (sulfide) groups is 1. The first-order chi connectivity index (χ1) is 9.65. The van der Waals surface area contributed by atoms with E-state index in [-0.39, 0.29) is 10.9 Å². The molecule has 0 heterocycles. The highest BCUT2D eigenvalue weighted by atomic mass is 35.5. The molecule has 0 aliphatic heterocycles. The Bertz CT molecular complexity index is 461. The van der Waals surface area contributed by atoms with E-state index in [9.17, 15) is 9.18 Å². The molecule has 1 saturated carbocycles. The van der Waals surface area contributed by atoms with Gasteiger partial charge in [0.25, 0.3) is 0 Å². The van der Waals surface area contributed by atoms with E-state index in [1.54, 1.807) is 12.1 Å². The van der Waals surface area contributed by atoms with Crippen molar-refractivity contribution in [2.75, 3.05) is 5.75 Å². The van der Waals surface area contributed by atoms with Gasteiger partial charge in [-0.05, 0) is 31.0 Å². The van der Waals surface area contributed by atoms with Gasteiger partial charge >= 0.3 is 0 Å². The van der Waals surface area contributed by atoms with Crippen LogP contribution in [0, 0.1) is 5.82 Å². The molecular weight excluding hydrogens is 297 g/mol. The second-order valence-electron chi connectivity index (χ2n) is 5.12. The Morgan fingerprint density at radius 2 is 2.00 bits per heavy atom. The predicted octanol–water partition coefficient (Wildman–Crippen LogP) is 4.41. The monoisotopic (exact) mass is 315 g/mol. The summed E-state index contributed by atoms with van der Waals surface area (Å²) < 4.78 is 13.0. The molecule has 1 N–H and O–H groups in total. The third-order valence-corrected chi connectivity index (χ3v) is 4.76. The van der Waals surface area contributed by atoms with Crippen LogP contribution in [0.4, 0.5) is 4.39 Å². The normalized spacial score (nSPS) is 16.7. The molecule has 1 aliphatic rings. The van der Waals surface area contributed by atoms with Crippen LogP contribution >= 0.6 is 23.4 Å². The highest BCUT2D eigenvalue weighted by molar-refractivity contribution is 8.00. The number of carbonyl (C=O) groups excluding carboxylic acids is 1. The molecule has 1 aromatic carbocycles. The van der Waals surface area contributed by atoms with Gasteiger partial charge in [0.15, 0.2) is 0 Å². The third kappa shape index (κ3) is 4.98. The lowest BCUT2D eigenvalue weighted by atomic mass is 10.1. The average molecular weight is 316 g/mol.